The SMILES string of the molecule is COc1ccc(Cl)cc1C(N)c1cc(Cl)cc2c1OCC2. The second-order valence-corrected chi connectivity index (χ2v) is 5.82. The van der Waals surface area contributed by atoms with Gasteiger partial charge in [0.25, 0.3) is 0 Å². The molecule has 0 aliphatic carbocycles. The number of methoxy groups -OCH3 is 1. The summed E-state index contributed by atoms with van der Waals surface area (Å²) in [6, 6.07) is 8.75. The number of hydrogen-bond acceptors (Lipinski definition) is 3. The molecule has 5 heteroatoms. The van der Waals surface area contributed by atoms with Gasteiger partial charge in [0.2, 0.25) is 0 Å². The van der Waals surface area contributed by atoms with Crippen LogP contribution in [0.1, 0.15) is 22.7 Å². The third-order valence-electron chi connectivity index (χ3n) is 3.64. The molecule has 0 saturated heterocycles. The predicted molar refractivity (Wildman–Crippen MR) is 84.7 cm³/mol. The quantitative estimate of drug-likeness (QED) is 0.929. The van der Waals surface area contributed by atoms with Crippen molar-refractivity contribution in [3.05, 3.63) is 57.1 Å². The molecule has 2 aromatic carbocycles. The molecule has 1 atom stereocenters. The number of nitrogens with two attached hydrogens (primary N) is 1. The Morgan fingerprint density at radius 2 is 1.90 bits per heavy atom. The minimum atomic E-state index is -0.413. The predicted octanol–water partition coefficient (Wildman–Crippen LogP) is 3.99. The van der Waals surface area contributed by atoms with Gasteiger partial charge < -0.3 is 15.2 Å². The lowest BCUT2D eigenvalue weighted by atomic mass is 9.96. The Morgan fingerprint density at radius 1 is 1.14 bits per heavy atom. The van der Waals surface area contributed by atoms with Gasteiger partial charge in [0, 0.05) is 27.6 Å². The number of halogens is 2. The van der Waals surface area contributed by atoms with Crippen molar-refractivity contribution in [3.63, 3.8) is 0 Å². The molecular formula is C16H15Cl2NO2. The molecule has 1 aliphatic heterocycles. The van der Waals surface area contributed by atoms with Crippen molar-refractivity contribution in [1.82, 2.24) is 0 Å². The summed E-state index contributed by atoms with van der Waals surface area (Å²) < 4.78 is 11.1. The third kappa shape index (κ3) is 2.69. The highest BCUT2D eigenvalue weighted by Crippen LogP contribution is 2.40. The first kappa shape index (κ1) is 14.5. The fourth-order valence-electron chi connectivity index (χ4n) is 2.64. The first-order valence-electron chi connectivity index (χ1n) is 6.64. The molecule has 2 N–H and O–H groups in total. The molecule has 3 rings (SSSR count). The summed E-state index contributed by atoms with van der Waals surface area (Å²) in [4.78, 5) is 0. The molecule has 3 nitrogen and oxygen atoms in total. The minimum Gasteiger partial charge on any atom is -0.496 e. The number of benzene rings is 2. The van der Waals surface area contributed by atoms with E-state index in [0.29, 0.717) is 22.4 Å². The van der Waals surface area contributed by atoms with E-state index in [-0.39, 0.29) is 0 Å². The zero-order chi connectivity index (χ0) is 15.0. The monoisotopic (exact) mass is 323 g/mol. The van der Waals surface area contributed by atoms with E-state index in [1.165, 1.54) is 0 Å². The zero-order valence-corrected chi connectivity index (χ0v) is 13.0. The standard InChI is InChI=1S/C16H15Cl2NO2/c1-20-14-3-2-10(17)7-12(14)15(19)13-8-11(18)6-9-4-5-21-16(9)13/h2-3,6-8,15H,4-5,19H2,1H3. The maximum Gasteiger partial charge on any atom is 0.127 e. The van der Waals surface area contributed by atoms with Gasteiger partial charge in [-0.05, 0) is 35.9 Å². The molecule has 0 radical (unpaired) electrons. The molecule has 0 amide bonds. The summed E-state index contributed by atoms with van der Waals surface area (Å²) in [5.74, 6) is 1.52. The topological polar surface area (TPSA) is 44.5 Å². The second-order valence-electron chi connectivity index (χ2n) is 4.95. The van der Waals surface area contributed by atoms with Gasteiger partial charge in [-0.3, -0.25) is 0 Å². The molecule has 0 aromatic heterocycles. The summed E-state index contributed by atoms with van der Waals surface area (Å²) in [5.41, 5.74) is 9.19. The normalized spacial score (nSPS) is 14.5. The highest BCUT2D eigenvalue weighted by Gasteiger charge is 2.24. The van der Waals surface area contributed by atoms with E-state index in [0.717, 1.165) is 28.9 Å². The molecule has 0 bridgehead atoms. The zero-order valence-electron chi connectivity index (χ0n) is 11.5. The molecule has 0 saturated carbocycles. The van der Waals surface area contributed by atoms with Gasteiger partial charge >= 0.3 is 0 Å². The molecule has 0 spiro atoms. The Morgan fingerprint density at radius 3 is 2.67 bits per heavy atom. The first-order chi connectivity index (χ1) is 10.1. The van der Waals surface area contributed by atoms with E-state index < -0.39 is 6.04 Å². The van der Waals surface area contributed by atoms with Crippen LogP contribution in [0.25, 0.3) is 0 Å². The Hall–Kier alpha value is -1.42. The van der Waals surface area contributed by atoms with Gasteiger partial charge in [0.1, 0.15) is 11.5 Å². The molecule has 1 unspecified atom stereocenters. The molecule has 110 valence electrons. The van der Waals surface area contributed by atoms with Gasteiger partial charge in [0.15, 0.2) is 0 Å². The molecule has 1 aliphatic rings. The van der Waals surface area contributed by atoms with E-state index >= 15 is 0 Å². The van der Waals surface area contributed by atoms with Crippen LogP contribution in [0, 0.1) is 0 Å². The van der Waals surface area contributed by atoms with Crippen LogP contribution in [-0.4, -0.2) is 13.7 Å². The van der Waals surface area contributed by atoms with Crippen molar-refractivity contribution in [2.24, 2.45) is 5.73 Å². The van der Waals surface area contributed by atoms with Crippen molar-refractivity contribution in [1.29, 1.82) is 0 Å². The summed E-state index contributed by atoms with van der Waals surface area (Å²) in [5, 5.41) is 1.27. The van der Waals surface area contributed by atoms with Crippen LogP contribution in [0.5, 0.6) is 11.5 Å². The Kier molecular flexibility index (Phi) is 3.98. The Labute approximate surface area is 133 Å². The second kappa shape index (κ2) is 5.76. The van der Waals surface area contributed by atoms with E-state index in [4.69, 9.17) is 38.4 Å². The van der Waals surface area contributed by atoms with Gasteiger partial charge in [-0.1, -0.05) is 23.2 Å². The maximum atomic E-state index is 6.43. The van der Waals surface area contributed by atoms with Crippen LogP contribution in [0.3, 0.4) is 0 Å². The highest BCUT2D eigenvalue weighted by molar-refractivity contribution is 6.31. The molecule has 1 heterocycles. The number of hydrogen-bond donors (Lipinski definition) is 1. The summed E-state index contributed by atoms with van der Waals surface area (Å²) >= 11 is 12.3. The van der Waals surface area contributed by atoms with Crippen LogP contribution in [0.4, 0.5) is 0 Å². The fourth-order valence-corrected chi connectivity index (χ4v) is 3.07. The van der Waals surface area contributed by atoms with Gasteiger partial charge in [-0.15, -0.1) is 0 Å². The van der Waals surface area contributed by atoms with Crippen LogP contribution >= 0.6 is 23.2 Å². The van der Waals surface area contributed by atoms with Crippen molar-refractivity contribution in [2.45, 2.75) is 12.5 Å². The van der Waals surface area contributed by atoms with Crippen molar-refractivity contribution < 1.29 is 9.47 Å². The van der Waals surface area contributed by atoms with E-state index in [2.05, 4.69) is 0 Å². The van der Waals surface area contributed by atoms with Crippen molar-refractivity contribution in [3.8, 4) is 11.5 Å². The van der Waals surface area contributed by atoms with Crippen LogP contribution < -0.4 is 15.2 Å². The lowest BCUT2D eigenvalue weighted by molar-refractivity contribution is 0.352. The number of fused-ring (bicyclic) bond motifs is 1. The fraction of sp³-hybridized carbons (Fsp3) is 0.250. The Balaban J connectivity index is 2.11. The summed E-state index contributed by atoms with van der Waals surface area (Å²) in [6.07, 6.45) is 0.849. The minimum absolute atomic E-state index is 0.413. The van der Waals surface area contributed by atoms with E-state index in [9.17, 15) is 0 Å². The third-order valence-corrected chi connectivity index (χ3v) is 4.09. The summed E-state index contributed by atoms with van der Waals surface area (Å²) in [7, 11) is 1.61. The van der Waals surface area contributed by atoms with Crippen LogP contribution in [-0.2, 0) is 6.42 Å². The van der Waals surface area contributed by atoms with Gasteiger partial charge in [-0.25, -0.2) is 0 Å². The maximum absolute atomic E-state index is 6.43. The number of ether oxygens (including phenoxy) is 2. The van der Waals surface area contributed by atoms with Crippen LogP contribution in [0.15, 0.2) is 30.3 Å². The largest absolute Gasteiger partial charge is 0.496 e. The Bertz CT molecular complexity index is 688. The molecule has 0 fully saturated rings. The van der Waals surface area contributed by atoms with E-state index in [1.54, 1.807) is 13.2 Å². The van der Waals surface area contributed by atoms with Crippen molar-refractivity contribution >= 4 is 23.2 Å². The van der Waals surface area contributed by atoms with Crippen molar-refractivity contribution in [2.75, 3.05) is 13.7 Å². The average Bonchev–Trinajstić information content (AvgIpc) is 2.93. The first-order valence-corrected chi connectivity index (χ1v) is 7.40. The highest BCUT2D eigenvalue weighted by atomic mass is 35.5. The molecular weight excluding hydrogens is 309 g/mol. The summed E-state index contributed by atoms with van der Waals surface area (Å²) in [6.45, 7) is 0.655. The molecule has 21 heavy (non-hydrogen) atoms. The van der Waals surface area contributed by atoms with Gasteiger partial charge in [0.05, 0.1) is 19.8 Å². The van der Waals surface area contributed by atoms with Gasteiger partial charge in [-0.2, -0.15) is 0 Å². The average molecular weight is 324 g/mol. The lowest BCUT2D eigenvalue weighted by Crippen LogP contribution is -2.14. The van der Waals surface area contributed by atoms with E-state index in [1.807, 2.05) is 24.3 Å². The number of rotatable bonds is 3. The molecule has 2 aromatic rings. The smallest absolute Gasteiger partial charge is 0.127 e. The van der Waals surface area contributed by atoms with Crippen LogP contribution in [0.2, 0.25) is 10.0 Å². The lowest BCUT2D eigenvalue weighted by Gasteiger charge is -2.19.